The Kier molecular flexibility index (Phi) is 7.80. The third-order valence-corrected chi connectivity index (χ3v) is 7.38. The van der Waals surface area contributed by atoms with Gasteiger partial charge in [0.15, 0.2) is 0 Å². The van der Waals surface area contributed by atoms with E-state index >= 15 is 4.39 Å². The second kappa shape index (κ2) is 11.0. The number of nitrogens with one attached hydrogen (secondary N) is 1. The Morgan fingerprint density at radius 3 is 2.37 bits per heavy atom. The Hall–Kier alpha value is -3.26. The maximum atomic E-state index is 15.2. The number of nitrogens with zero attached hydrogens (tertiary/aromatic N) is 2. The van der Waals surface area contributed by atoms with Gasteiger partial charge in [-0.1, -0.05) is 43.5 Å². The highest BCUT2D eigenvalue weighted by Crippen LogP contribution is 2.34. The topological polar surface area (TPSA) is 71.5 Å². The van der Waals surface area contributed by atoms with Crippen LogP contribution in [-0.2, 0) is 4.79 Å². The lowest BCUT2D eigenvalue weighted by Crippen LogP contribution is -2.47. The van der Waals surface area contributed by atoms with Crippen LogP contribution in [0.1, 0.15) is 64.1 Å². The number of aryl methyl sites for hydroxylation is 2. The van der Waals surface area contributed by atoms with Crippen molar-refractivity contribution in [1.29, 1.82) is 0 Å². The van der Waals surface area contributed by atoms with Gasteiger partial charge in [0.1, 0.15) is 22.5 Å². The molecule has 1 atom stereocenters. The van der Waals surface area contributed by atoms with E-state index in [1.54, 1.807) is 50.4 Å². The predicted octanol–water partition coefficient (Wildman–Crippen LogP) is 5.74. The van der Waals surface area contributed by atoms with Crippen LogP contribution >= 0.6 is 11.3 Å². The minimum Gasteiger partial charge on any atom is -0.497 e. The van der Waals surface area contributed by atoms with Gasteiger partial charge in [-0.3, -0.25) is 14.5 Å². The Morgan fingerprint density at radius 1 is 1.09 bits per heavy atom. The van der Waals surface area contributed by atoms with E-state index in [-0.39, 0.29) is 17.6 Å². The molecule has 2 amide bonds. The maximum absolute atomic E-state index is 15.2. The summed E-state index contributed by atoms with van der Waals surface area (Å²) in [5.41, 5.74) is 1.16. The van der Waals surface area contributed by atoms with Gasteiger partial charge in [-0.2, -0.15) is 0 Å². The zero-order chi connectivity index (χ0) is 24.9. The number of hydrogen-bond donors (Lipinski definition) is 1. The highest BCUT2D eigenvalue weighted by atomic mass is 32.1. The average Bonchev–Trinajstić information content (AvgIpc) is 3.21. The standard InChI is InChI=1S/C27H30FN3O3S/c1-17-25(35-18(2)29-17)27(33)31(23-12-8-7-11-22(23)28)24(19-13-15-21(34-3)16-14-19)26(32)30-20-9-5-4-6-10-20/h7-8,11-16,20,24H,4-6,9-10H2,1-3H3,(H,30,32). The van der Waals surface area contributed by atoms with Crippen LogP contribution in [0, 0.1) is 19.7 Å². The van der Waals surface area contributed by atoms with Gasteiger partial charge in [0.05, 0.1) is 23.5 Å². The molecule has 4 rings (SSSR count). The van der Waals surface area contributed by atoms with Crippen molar-refractivity contribution in [3.63, 3.8) is 0 Å². The van der Waals surface area contributed by atoms with Crippen LogP contribution in [0.15, 0.2) is 48.5 Å². The van der Waals surface area contributed by atoms with Crippen LogP contribution < -0.4 is 15.0 Å². The van der Waals surface area contributed by atoms with E-state index in [2.05, 4.69) is 10.3 Å². The quantitative estimate of drug-likeness (QED) is 0.453. The molecule has 1 heterocycles. The molecule has 184 valence electrons. The molecule has 0 aliphatic heterocycles. The van der Waals surface area contributed by atoms with Crippen molar-refractivity contribution < 1.29 is 18.7 Å². The van der Waals surface area contributed by atoms with Crippen molar-refractivity contribution in [2.24, 2.45) is 0 Å². The Labute approximate surface area is 209 Å². The van der Waals surface area contributed by atoms with Crippen molar-refractivity contribution in [1.82, 2.24) is 10.3 Å². The number of hydrogen-bond acceptors (Lipinski definition) is 5. The first-order valence-electron chi connectivity index (χ1n) is 11.9. The fourth-order valence-electron chi connectivity index (χ4n) is 4.58. The third kappa shape index (κ3) is 5.53. The van der Waals surface area contributed by atoms with Gasteiger partial charge in [0, 0.05) is 6.04 Å². The van der Waals surface area contributed by atoms with Gasteiger partial charge in [-0.15, -0.1) is 11.3 Å². The summed E-state index contributed by atoms with van der Waals surface area (Å²) < 4.78 is 20.5. The summed E-state index contributed by atoms with van der Waals surface area (Å²) in [5.74, 6) is -0.753. The highest BCUT2D eigenvalue weighted by Gasteiger charge is 2.37. The minimum absolute atomic E-state index is 0.0296. The zero-order valence-electron chi connectivity index (χ0n) is 20.2. The third-order valence-electron chi connectivity index (χ3n) is 6.32. The summed E-state index contributed by atoms with van der Waals surface area (Å²) >= 11 is 1.24. The molecule has 1 unspecified atom stereocenters. The number of thiazole rings is 1. The summed E-state index contributed by atoms with van der Waals surface area (Å²) in [4.78, 5) is 33.9. The number of halogens is 1. The molecule has 1 fully saturated rings. The summed E-state index contributed by atoms with van der Waals surface area (Å²) in [6.45, 7) is 3.57. The molecule has 1 aromatic heterocycles. The Balaban J connectivity index is 1.83. The van der Waals surface area contributed by atoms with E-state index in [0.29, 0.717) is 21.9 Å². The largest absolute Gasteiger partial charge is 0.497 e. The summed E-state index contributed by atoms with van der Waals surface area (Å²) in [6, 6.07) is 12.0. The van der Waals surface area contributed by atoms with Gasteiger partial charge < -0.3 is 10.1 Å². The van der Waals surface area contributed by atoms with Crippen molar-refractivity contribution in [2.45, 2.75) is 58.0 Å². The van der Waals surface area contributed by atoms with Crippen molar-refractivity contribution >= 4 is 28.8 Å². The van der Waals surface area contributed by atoms with Crippen LogP contribution in [0.2, 0.25) is 0 Å². The molecule has 6 nitrogen and oxygen atoms in total. The van der Waals surface area contributed by atoms with E-state index in [1.807, 2.05) is 6.92 Å². The van der Waals surface area contributed by atoms with E-state index in [4.69, 9.17) is 4.74 Å². The van der Waals surface area contributed by atoms with Crippen molar-refractivity contribution in [3.05, 3.63) is 75.5 Å². The molecular formula is C27H30FN3O3S. The molecule has 2 aromatic carbocycles. The number of carbonyl (C=O) groups excluding carboxylic acids is 2. The summed E-state index contributed by atoms with van der Waals surface area (Å²) in [6.07, 6.45) is 5.03. The summed E-state index contributed by atoms with van der Waals surface area (Å²) in [7, 11) is 1.56. The highest BCUT2D eigenvalue weighted by molar-refractivity contribution is 7.13. The van der Waals surface area contributed by atoms with Gasteiger partial charge in [0.25, 0.3) is 5.91 Å². The number of rotatable bonds is 7. The van der Waals surface area contributed by atoms with Crippen LogP contribution in [0.4, 0.5) is 10.1 Å². The number of methoxy groups -OCH3 is 1. The second-order valence-corrected chi connectivity index (χ2v) is 10.00. The number of benzene rings is 2. The molecule has 8 heteroatoms. The molecule has 3 aromatic rings. The van der Waals surface area contributed by atoms with Crippen LogP contribution in [0.5, 0.6) is 5.75 Å². The number of para-hydroxylation sites is 1. The lowest BCUT2D eigenvalue weighted by Gasteiger charge is -2.33. The molecule has 0 bridgehead atoms. The fraction of sp³-hybridized carbons (Fsp3) is 0.370. The van der Waals surface area contributed by atoms with Crippen molar-refractivity contribution in [2.75, 3.05) is 12.0 Å². The SMILES string of the molecule is COc1ccc(C(C(=O)NC2CCCCC2)N(C(=O)c2sc(C)nc2C)c2ccccc2F)cc1. The van der Waals surface area contributed by atoms with Gasteiger partial charge in [-0.25, -0.2) is 9.37 Å². The van der Waals surface area contributed by atoms with Crippen LogP contribution in [0.3, 0.4) is 0 Å². The van der Waals surface area contributed by atoms with Crippen LogP contribution in [0.25, 0.3) is 0 Å². The fourth-order valence-corrected chi connectivity index (χ4v) is 5.44. The zero-order valence-corrected chi connectivity index (χ0v) is 21.0. The number of aromatic nitrogens is 1. The molecule has 1 saturated carbocycles. The van der Waals surface area contributed by atoms with Crippen molar-refractivity contribution in [3.8, 4) is 5.75 Å². The Morgan fingerprint density at radius 2 is 1.77 bits per heavy atom. The number of anilines is 1. The maximum Gasteiger partial charge on any atom is 0.271 e. The molecule has 0 radical (unpaired) electrons. The molecular weight excluding hydrogens is 465 g/mol. The molecule has 0 saturated heterocycles. The van der Waals surface area contributed by atoms with Gasteiger partial charge in [-0.05, 0) is 56.5 Å². The first-order chi connectivity index (χ1) is 16.9. The molecule has 1 aliphatic carbocycles. The van der Waals surface area contributed by atoms with Crippen LogP contribution in [-0.4, -0.2) is 29.9 Å². The van der Waals surface area contributed by atoms with E-state index in [0.717, 1.165) is 37.1 Å². The van der Waals surface area contributed by atoms with E-state index in [9.17, 15) is 9.59 Å². The normalized spacial score (nSPS) is 14.9. The smallest absolute Gasteiger partial charge is 0.271 e. The number of carbonyl (C=O) groups is 2. The van der Waals surface area contributed by atoms with E-state index in [1.165, 1.54) is 28.4 Å². The van der Waals surface area contributed by atoms with Gasteiger partial charge >= 0.3 is 0 Å². The molecule has 0 spiro atoms. The molecule has 1 N–H and O–H groups in total. The average molecular weight is 496 g/mol. The second-order valence-electron chi connectivity index (χ2n) is 8.79. The first-order valence-corrected chi connectivity index (χ1v) is 12.7. The number of amides is 2. The molecule has 1 aliphatic rings. The number of ether oxygens (including phenoxy) is 1. The predicted molar refractivity (Wildman–Crippen MR) is 136 cm³/mol. The first kappa shape index (κ1) is 24.9. The monoisotopic (exact) mass is 495 g/mol. The Bertz CT molecular complexity index is 1190. The summed E-state index contributed by atoms with van der Waals surface area (Å²) in [5, 5.41) is 3.87. The lowest BCUT2D eigenvalue weighted by molar-refractivity contribution is -0.123. The minimum atomic E-state index is -1.07. The lowest BCUT2D eigenvalue weighted by atomic mass is 9.94. The van der Waals surface area contributed by atoms with Gasteiger partial charge in [0.2, 0.25) is 5.91 Å². The van der Waals surface area contributed by atoms with E-state index < -0.39 is 17.8 Å². The molecule has 35 heavy (non-hydrogen) atoms.